The van der Waals surface area contributed by atoms with Crippen LogP contribution in [0.25, 0.3) is 0 Å². The number of carbonyl (C=O) groups is 1. The summed E-state index contributed by atoms with van der Waals surface area (Å²) in [6, 6.07) is 7.02. The normalized spacial score (nSPS) is 18.4. The Balaban J connectivity index is 1.94. The number of nitrogens with one attached hydrogen (secondary N) is 1. The van der Waals surface area contributed by atoms with E-state index in [0.29, 0.717) is 31.1 Å². The molecule has 0 bridgehead atoms. The van der Waals surface area contributed by atoms with Gasteiger partial charge in [-0.3, -0.25) is 0 Å². The quantitative estimate of drug-likeness (QED) is 0.829. The van der Waals surface area contributed by atoms with E-state index in [-0.39, 0.29) is 6.03 Å². The monoisotopic (exact) mass is 276 g/mol. The summed E-state index contributed by atoms with van der Waals surface area (Å²) >= 11 is 0. The number of piperidine rings is 1. The highest BCUT2D eigenvalue weighted by molar-refractivity contribution is 5.89. The summed E-state index contributed by atoms with van der Waals surface area (Å²) < 4.78 is 5.42. The molecule has 1 atom stereocenters. The topological polar surface area (TPSA) is 61.8 Å². The Morgan fingerprint density at radius 3 is 3.20 bits per heavy atom. The number of urea groups is 1. The molecule has 0 spiro atoms. The molecule has 1 unspecified atom stereocenters. The Morgan fingerprint density at radius 2 is 2.45 bits per heavy atom. The first kappa shape index (κ1) is 14.4. The van der Waals surface area contributed by atoms with Gasteiger partial charge in [0.2, 0.25) is 0 Å². The van der Waals surface area contributed by atoms with Crippen molar-refractivity contribution in [3.63, 3.8) is 0 Å². The van der Waals surface area contributed by atoms with Gasteiger partial charge in [0.15, 0.2) is 0 Å². The predicted molar refractivity (Wildman–Crippen MR) is 78.0 cm³/mol. The summed E-state index contributed by atoms with van der Waals surface area (Å²) in [6.07, 6.45) is 2.84. The first-order valence-corrected chi connectivity index (χ1v) is 6.77. The summed E-state index contributed by atoms with van der Waals surface area (Å²) in [7, 11) is 0. The van der Waals surface area contributed by atoms with Gasteiger partial charge < -0.3 is 20.1 Å². The van der Waals surface area contributed by atoms with E-state index in [4.69, 9.17) is 4.74 Å². The summed E-state index contributed by atoms with van der Waals surface area (Å²) in [4.78, 5) is 13.7. The van der Waals surface area contributed by atoms with Crippen molar-refractivity contribution in [1.82, 2.24) is 4.90 Å². The van der Waals surface area contributed by atoms with Crippen LogP contribution in [-0.2, 0) is 0 Å². The zero-order chi connectivity index (χ0) is 14.4. The highest BCUT2D eigenvalue weighted by Crippen LogP contribution is 2.18. The van der Waals surface area contributed by atoms with Crippen molar-refractivity contribution in [2.24, 2.45) is 0 Å². The lowest BCUT2D eigenvalue weighted by molar-refractivity contribution is 0.0883. The third-order valence-corrected chi connectivity index (χ3v) is 3.14. The van der Waals surface area contributed by atoms with Crippen molar-refractivity contribution < 1.29 is 14.6 Å². The van der Waals surface area contributed by atoms with E-state index in [1.807, 2.05) is 12.1 Å². The third kappa shape index (κ3) is 3.99. The van der Waals surface area contributed by atoms with Crippen LogP contribution in [0, 0.1) is 0 Å². The van der Waals surface area contributed by atoms with Crippen molar-refractivity contribution in [3.8, 4) is 5.75 Å². The van der Waals surface area contributed by atoms with Gasteiger partial charge in [0.1, 0.15) is 12.4 Å². The minimum absolute atomic E-state index is 0.190. The standard InChI is InChI=1S/C15H20N2O3/c1-2-9-20-14-7-3-5-12(10-14)16-15(19)17-8-4-6-13(18)11-17/h2-3,5,7,10,13,18H,1,4,6,8-9,11H2,(H,16,19). The van der Waals surface area contributed by atoms with Gasteiger partial charge in [0, 0.05) is 24.8 Å². The molecule has 0 radical (unpaired) electrons. The van der Waals surface area contributed by atoms with Crippen LogP contribution < -0.4 is 10.1 Å². The van der Waals surface area contributed by atoms with Gasteiger partial charge in [-0.05, 0) is 25.0 Å². The molecule has 0 saturated carbocycles. The van der Waals surface area contributed by atoms with Crippen LogP contribution in [-0.4, -0.2) is 41.8 Å². The Hall–Kier alpha value is -2.01. The first-order valence-electron chi connectivity index (χ1n) is 6.77. The maximum atomic E-state index is 12.1. The molecule has 0 aliphatic carbocycles. The Bertz CT molecular complexity index is 476. The zero-order valence-electron chi connectivity index (χ0n) is 11.4. The highest BCUT2D eigenvalue weighted by atomic mass is 16.5. The van der Waals surface area contributed by atoms with Gasteiger partial charge in [0.25, 0.3) is 0 Å². The van der Waals surface area contributed by atoms with Gasteiger partial charge in [-0.25, -0.2) is 4.79 Å². The second-order valence-electron chi connectivity index (χ2n) is 4.80. The fourth-order valence-corrected chi connectivity index (χ4v) is 2.16. The largest absolute Gasteiger partial charge is 0.489 e. The molecule has 2 rings (SSSR count). The van der Waals surface area contributed by atoms with E-state index in [9.17, 15) is 9.90 Å². The number of likely N-dealkylation sites (tertiary alicyclic amines) is 1. The van der Waals surface area contributed by atoms with Crippen LogP contribution in [0.4, 0.5) is 10.5 Å². The maximum Gasteiger partial charge on any atom is 0.321 e. The molecule has 20 heavy (non-hydrogen) atoms. The third-order valence-electron chi connectivity index (χ3n) is 3.14. The molecule has 2 amide bonds. The molecule has 1 aliphatic rings. The highest BCUT2D eigenvalue weighted by Gasteiger charge is 2.21. The molecule has 1 saturated heterocycles. The van der Waals surface area contributed by atoms with E-state index in [2.05, 4.69) is 11.9 Å². The van der Waals surface area contributed by atoms with Crippen molar-refractivity contribution in [3.05, 3.63) is 36.9 Å². The molecule has 1 fully saturated rings. The summed E-state index contributed by atoms with van der Waals surface area (Å²) in [5, 5.41) is 12.4. The molecule has 1 heterocycles. The number of benzene rings is 1. The molecule has 108 valence electrons. The molecule has 0 aromatic heterocycles. The fraction of sp³-hybridized carbons (Fsp3) is 0.400. The van der Waals surface area contributed by atoms with Crippen LogP contribution in [0.5, 0.6) is 5.75 Å². The number of anilines is 1. The molecular weight excluding hydrogens is 256 g/mol. The number of rotatable bonds is 4. The van der Waals surface area contributed by atoms with Gasteiger partial charge in [0.05, 0.1) is 6.10 Å². The lowest BCUT2D eigenvalue weighted by atomic mass is 10.1. The number of ether oxygens (including phenoxy) is 1. The average Bonchev–Trinajstić information content (AvgIpc) is 2.45. The van der Waals surface area contributed by atoms with Crippen molar-refractivity contribution in [2.75, 3.05) is 25.0 Å². The van der Waals surface area contributed by atoms with Crippen LogP contribution in [0.3, 0.4) is 0 Å². The molecule has 1 aliphatic heterocycles. The number of hydrogen-bond donors (Lipinski definition) is 2. The number of aliphatic hydroxyl groups is 1. The van der Waals surface area contributed by atoms with Gasteiger partial charge in [-0.15, -0.1) is 0 Å². The van der Waals surface area contributed by atoms with Crippen LogP contribution in [0.15, 0.2) is 36.9 Å². The lowest BCUT2D eigenvalue weighted by Crippen LogP contribution is -2.44. The van der Waals surface area contributed by atoms with Crippen LogP contribution >= 0.6 is 0 Å². The van der Waals surface area contributed by atoms with Gasteiger partial charge in [-0.1, -0.05) is 18.7 Å². The summed E-state index contributed by atoms with van der Waals surface area (Å²) in [5.74, 6) is 0.682. The van der Waals surface area contributed by atoms with Gasteiger partial charge in [-0.2, -0.15) is 0 Å². The van der Waals surface area contributed by atoms with Crippen molar-refractivity contribution in [2.45, 2.75) is 18.9 Å². The molecular formula is C15H20N2O3. The first-order chi connectivity index (χ1) is 9.69. The number of hydrogen-bond acceptors (Lipinski definition) is 3. The number of aliphatic hydroxyl groups excluding tert-OH is 1. The fourth-order valence-electron chi connectivity index (χ4n) is 2.16. The second kappa shape index (κ2) is 6.96. The number of nitrogens with zero attached hydrogens (tertiary/aromatic N) is 1. The second-order valence-corrected chi connectivity index (χ2v) is 4.80. The SMILES string of the molecule is C=CCOc1cccc(NC(=O)N2CCCC(O)C2)c1. The molecule has 1 aromatic carbocycles. The van der Waals surface area contributed by atoms with E-state index in [1.54, 1.807) is 23.1 Å². The predicted octanol–water partition coefficient (Wildman–Crippen LogP) is 2.24. The Kier molecular flexibility index (Phi) is 5.01. The Labute approximate surface area is 118 Å². The maximum absolute atomic E-state index is 12.1. The number of β-amino-alcohol motifs (C(OH)–C–C–N with tert-alkyl or cyclic N) is 1. The minimum Gasteiger partial charge on any atom is -0.489 e. The number of carbonyl (C=O) groups excluding carboxylic acids is 1. The van der Waals surface area contributed by atoms with E-state index in [0.717, 1.165) is 12.8 Å². The van der Waals surface area contributed by atoms with Crippen LogP contribution in [0.2, 0.25) is 0 Å². The minimum atomic E-state index is -0.420. The Morgan fingerprint density at radius 1 is 1.60 bits per heavy atom. The molecule has 2 N–H and O–H groups in total. The van der Waals surface area contributed by atoms with Gasteiger partial charge >= 0.3 is 6.03 Å². The van der Waals surface area contributed by atoms with Crippen molar-refractivity contribution >= 4 is 11.7 Å². The molecule has 5 heteroatoms. The van der Waals surface area contributed by atoms with Crippen LogP contribution in [0.1, 0.15) is 12.8 Å². The van der Waals surface area contributed by atoms with E-state index < -0.39 is 6.10 Å². The van der Waals surface area contributed by atoms with E-state index in [1.165, 1.54) is 0 Å². The molecule has 5 nitrogen and oxygen atoms in total. The summed E-state index contributed by atoms with van der Waals surface area (Å²) in [5.41, 5.74) is 0.677. The number of amides is 2. The average molecular weight is 276 g/mol. The van der Waals surface area contributed by atoms with Crippen molar-refractivity contribution in [1.29, 1.82) is 0 Å². The lowest BCUT2D eigenvalue weighted by Gasteiger charge is -2.30. The van der Waals surface area contributed by atoms with E-state index >= 15 is 0 Å². The summed E-state index contributed by atoms with van der Waals surface area (Å²) in [6.45, 7) is 5.08. The molecule has 1 aromatic rings. The zero-order valence-corrected chi connectivity index (χ0v) is 11.4. The smallest absolute Gasteiger partial charge is 0.321 e.